The molecule has 1 aliphatic heterocycles. The second-order valence-corrected chi connectivity index (χ2v) is 5.29. The first kappa shape index (κ1) is 14.0. The van der Waals surface area contributed by atoms with Crippen molar-refractivity contribution < 1.29 is 0 Å². The monoisotopic (exact) mass is 342 g/mol. The normalized spacial score (nSPS) is 12.0. The zero-order valence-electron chi connectivity index (χ0n) is 10.3. The predicted octanol–water partition coefficient (Wildman–Crippen LogP) is 3.12. The summed E-state index contributed by atoms with van der Waals surface area (Å²) in [6.45, 7) is 0. The van der Waals surface area contributed by atoms with Gasteiger partial charge in [-0.25, -0.2) is 5.84 Å². The van der Waals surface area contributed by atoms with Gasteiger partial charge in [0, 0.05) is 6.07 Å². The van der Waals surface area contributed by atoms with Crippen LogP contribution < -0.4 is 22.3 Å². The standard InChI is InChI=1S/C10H8Cl2N8S/c11-3-1-4(12)8-9(20-21-19-8)7(3)15-5-2-6(18-14)17-10(13)16-5/h1-2H,14H2,(H4,13,15,16,17,18). The van der Waals surface area contributed by atoms with E-state index in [1.807, 2.05) is 0 Å². The number of benzene rings is 1. The van der Waals surface area contributed by atoms with E-state index in [1.165, 1.54) is 0 Å². The van der Waals surface area contributed by atoms with Crippen molar-refractivity contribution in [1.29, 1.82) is 0 Å². The summed E-state index contributed by atoms with van der Waals surface area (Å²) < 4.78 is 8.31. The number of nitrogens with one attached hydrogen (secondary N) is 2. The highest BCUT2D eigenvalue weighted by Gasteiger charge is 2.19. The zero-order valence-corrected chi connectivity index (χ0v) is 12.6. The van der Waals surface area contributed by atoms with Gasteiger partial charge in [0.25, 0.3) is 0 Å². The Morgan fingerprint density at radius 3 is 2.48 bits per heavy atom. The summed E-state index contributed by atoms with van der Waals surface area (Å²) in [5.41, 5.74) is 9.65. The lowest BCUT2D eigenvalue weighted by Crippen LogP contribution is -2.11. The Morgan fingerprint density at radius 2 is 1.71 bits per heavy atom. The van der Waals surface area contributed by atoms with Crippen LogP contribution >= 0.6 is 23.2 Å². The molecule has 108 valence electrons. The van der Waals surface area contributed by atoms with Gasteiger partial charge in [0.15, 0.2) is 0 Å². The molecule has 0 radical (unpaired) electrons. The number of fused-ring (bicyclic) bond motifs is 1. The molecule has 11 heteroatoms. The fraction of sp³-hybridized carbons (Fsp3) is 0. The highest BCUT2D eigenvalue weighted by molar-refractivity contribution is 7.58. The topological polar surface area (TPSA) is 127 Å². The Morgan fingerprint density at radius 1 is 1.00 bits per heavy atom. The van der Waals surface area contributed by atoms with Gasteiger partial charge in [0.1, 0.15) is 23.0 Å². The lowest BCUT2D eigenvalue weighted by Gasteiger charge is -2.12. The molecule has 6 N–H and O–H groups in total. The Hall–Kier alpha value is -1.94. The molecule has 2 aromatic rings. The Labute approximate surface area is 132 Å². The van der Waals surface area contributed by atoms with E-state index in [9.17, 15) is 0 Å². The maximum Gasteiger partial charge on any atom is 0.223 e. The lowest BCUT2D eigenvalue weighted by atomic mass is 10.2. The molecule has 0 spiro atoms. The first-order valence-corrected chi connectivity index (χ1v) is 7.05. The van der Waals surface area contributed by atoms with Crippen LogP contribution in [0.1, 0.15) is 0 Å². The van der Waals surface area contributed by atoms with Crippen LogP contribution in [-0.2, 0) is 11.4 Å². The van der Waals surface area contributed by atoms with Gasteiger partial charge in [-0.2, -0.15) is 18.7 Å². The van der Waals surface area contributed by atoms with Crippen LogP contribution in [0.3, 0.4) is 0 Å². The highest BCUT2D eigenvalue weighted by atomic mass is 35.5. The van der Waals surface area contributed by atoms with E-state index in [2.05, 4.69) is 29.4 Å². The van der Waals surface area contributed by atoms with E-state index >= 15 is 0 Å². The molecule has 0 amide bonds. The Kier molecular flexibility index (Phi) is 3.64. The van der Waals surface area contributed by atoms with Crippen LogP contribution in [-0.4, -0.2) is 9.97 Å². The molecule has 0 fully saturated rings. The van der Waals surface area contributed by atoms with Crippen molar-refractivity contribution in [3.63, 3.8) is 0 Å². The number of hydrogen-bond donors (Lipinski definition) is 4. The minimum atomic E-state index is 0.0608. The molecule has 0 atom stereocenters. The third-order valence-corrected chi connectivity index (χ3v) is 3.70. The van der Waals surface area contributed by atoms with E-state index in [0.717, 1.165) is 11.4 Å². The minimum absolute atomic E-state index is 0.0608. The third-order valence-electron chi connectivity index (χ3n) is 2.59. The van der Waals surface area contributed by atoms with Crippen molar-refractivity contribution in [3.05, 3.63) is 22.2 Å². The average molecular weight is 343 g/mol. The van der Waals surface area contributed by atoms with Crippen molar-refractivity contribution >= 4 is 69.2 Å². The van der Waals surface area contributed by atoms with E-state index in [1.54, 1.807) is 12.1 Å². The van der Waals surface area contributed by atoms with Crippen molar-refractivity contribution in [3.8, 4) is 0 Å². The van der Waals surface area contributed by atoms with Crippen molar-refractivity contribution in [2.24, 2.45) is 14.6 Å². The summed E-state index contributed by atoms with van der Waals surface area (Å²) in [5.74, 6) is 6.15. The molecule has 21 heavy (non-hydrogen) atoms. The number of rotatable bonds is 3. The summed E-state index contributed by atoms with van der Waals surface area (Å²) in [7, 11) is 0. The van der Waals surface area contributed by atoms with E-state index in [-0.39, 0.29) is 5.95 Å². The number of hydrazine groups is 1. The molecule has 8 nitrogen and oxygen atoms in total. The summed E-state index contributed by atoms with van der Waals surface area (Å²) in [4.78, 5) is 7.95. The maximum atomic E-state index is 6.20. The first-order valence-electron chi connectivity index (χ1n) is 5.57. The molecule has 1 aliphatic rings. The fourth-order valence-corrected chi connectivity index (χ4v) is 2.88. The summed E-state index contributed by atoms with van der Waals surface area (Å²) >= 11 is 13.3. The number of nitrogens with zero attached hydrogens (tertiary/aromatic N) is 4. The van der Waals surface area contributed by atoms with Crippen LogP contribution in [0.15, 0.2) is 20.9 Å². The van der Waals surface area contributed by atoms with Gasteiger partial charge in [-0.15, -0.1) is 0 Å². The molecule has 3 rings (SSSR count). The molecule has 2 heterocycles. The van der Waals surface area contributed by atoms with Gasteiger partial charge in [0.05, 0.1) is 27.1 Å². The van der Waals surface area contributed by atoms with Crippen LogP contribution in [0.25, 0.3) is 0 Å². The number of anilines is 4. The van der Waals surface area contributed by atoms with Crippen LogP contribution in [0.5, 0.6) is 0 Å². The number of halogens is 2. The first-order chi connectivity index (χ1) is 10.1. The Bertz CT molecular complexity index is 802. The van der Waals surface area contributed by atoms with Crippen molar-refractivity contribution in [1.82, 2.24) is 9.97 Å². The van der Waals surface area contributed by atoms with Crippen LogP contribution in [0.2, 0.25) is 10.0 Å². The second-order valence-electron chi connectivity index (χ2n) is 3.94. The zero-order chi connectivity index (χ0) is 15.0. The number of nitrogen functional groups attached to an aromatic ring is 2. The van der Waals surface area contributed by atoms with Gasteiger partial charge in [-0.05, 0) is 6.07 Å². The second kappa shape index (κ2) is 5.45. The summed E-state index contributed by atoms with van der Waals surface area (Å²) in [6.07, 6.45) is 0. The van der Waals surface area contributed by atoms with Crippen molar-refractivity contribution in [2.45, 2.75) is 0 Å². The summed E-state index contributed by atoms with van der Waals surface area (Å²) in [5, 5.41) is 3.85. The molecular formula is C10H8Cl2N8S. The largest absolute Gasteiger partial charge is 0.368 e. The predicted molar refractivity (Wildman–Crippen MR) is 85.5 cm³/mol. The molecular weight excluding hydrogens is 335 g/mol. The number of aromatic nitrogens is 2. The quantitative estimate of drug-likeness (QED) is 0.427. The SMILES string of the molecule is NNc1cc(Nc2c(Cl)cc(Cl)c3c2N=S=N3)nc(N)n1. The van der Waals surface area contributed by atoms with Crippen LogP contribution in [0, 0.1) is 0 Å². The average Bonchev–Trinajstić information content (AvgIpc) is 2.92. The maximum absolute atomic E-state index is 6.20. The molecule has 0 aliphatic carbocycles. The third kappa shape index (κ3) is 2.63. The smallest absolute Gasteiger partial charge is 0.223 e. The van der Waals surface area contributed by atoms with Crippen molar-refractivity contribution in [2.75, 3.05) is 16.5 Å². The molecule has 1 aromatic carbocycles. The number of nitrogens with two attached hydrogens (primary N) is 2. The fourth-order valence-electron chi connectivity index (χ4n) is 1.73. The molecule has 0 unspecified atom stereocenters. The van der Waals surface area contributed by atoms with E-state index < -0.39 is 0 Å². The van der Waals surface area contributed by atoms with Gasteiger partial charge in [-0.1, -0.05) is 23.2 Å². The number of hydrogen-bond acceptors (Lipinski definition) is 8. The van der Waals surface area contributed by atoms with Crippen LogP contribution in [0.4, 0.5) is 34.6 Å². The van der Waals surface area contributed by atoms with Gasteiger partial charge in [-0.3, -0.25) is 0 Å². The molecule has 0 saturated heterocycles. The summed E-state index contributed by atoms with van der Waals surface area (Å²) in [6, 6.07) is 3.16. The minimum Gasteiger partial charge on any atom is -0.368 e. The van der Waals surface area contributed by atoms with E-state index in [4.69, 9.17) is 34.8 Å². The molecule has 1 aromatic heterocycles. The Balaban J connectivity index is 2.06. The molecule has 0 saturated carbocycles. The lowest BCUT2D eigenvalue weighted by molar-refractivity contribution is 1.15. The van der Waals surface area contributed by atoms with Gasteiger partial charge < -0.3 is 16.5 Å². The molecule has 0 bridgehead atoms. The van der Waals surface area contributed by atoms with Gasteiger partial charge >= 0.3 is 0 Å². The highest BCUT2D eigenvalue weighted by Crippen LogP contribution is 2.48. The van der Waals surface area contributed by atoms with Gasteiger partial charge in [0.2, 0.25) is 5.95 Å². The van der Waals surface area contributed by atoms with E-state index in [0.29, 0.717) is 38.7 Å².